The molecule has 0 aliphatic carbocycles. The van der Waals surface area contributed by atoms with Crippen molar-refractivity contribution in [2.24, 2.45) is 34.0 Å². The summed E-state index contributed by atoms with van der Waals surface area (Å²) in [5, 5.41) is 26.9. The van der Waals surface area contributed by atoms with Crippen LogP contribution in [0.3, 0.4) is 0 Å². The third kappa shape index (κ3) is 12.4. The van der Waals surface area contributed by atoms with Crippen molar-refractivity contribution in [2.75, 3.05) is 6.54 Å². The van der Waals surface area contributed by atoms with Gasteiger partial charge < -0.3 is 43.4 Å². The maximum atomic E-state index is 13.0. The SMILES string of the molecule is CCC(C)C(N)C(=O)NC(CC(C)C)C(=O)NC(C(=O)NC(CCCN=C(N)N)C(=O)O)C(C)O. The van der Waals surface area contributed by atoms with E-state index in [0.717, 1.165) is 0 Å². The van der Waals surface area contributed by atoms with Gasteiger partial charge in [0.25, 0.3) is 0 Å². The molecule has 3 amide bonds. The molecule has 0 spiro atoms. The van der Waals surface area contributed by atoms with E-state index in [9.17, 15) is 29.4 Å². The number of amides is 3. The Morgan fingerprint density at radius 3 is 1.94 bits per heavy atom. The van der Waals surface area contributed by atoms with Crippen LogP contribution in [0, 0.1) is 11.8 Å². The Balaban J connectivity index is 5.41. The van der Waals surface area contributed by atoms with Crippen molar-refractivity contribution in [1.82, 2.24) is 16.0 Å². The molecule has 0 rings (SSSR count). The highest BCUT2D eigenvalue weighted by Gasteiger charge is 2.33. The normalized spacial score (nSPS) is 16.2. The van der Waals surface area contributed by atoms with Gasteiger partial charge in [0.15, 0.2) is 5.96 Å². The largest absolute Gasteiger partial charge is 0.480 e. The number of carbonyl (C=O) groups excluding carboxylic acids is 3. The first kappa shape index (κ1) is 32.1. The molecule has 0 aliphatic rings. The zero-order valence-electron chi connectivity index (χ0n) is 21.3. The van der Waals surface area contributed by atoms with Crippen molar-refractivity contribution >= 4 is 29.7 Å². The summed E-state index contributed by atoms with van der Waals surface area (Å²) in [6, 6.07) is -4.54. The van der Waals surface area contributed by atoms with E-state index in [4.69, 9.17) is 17.2 Å². The maximum absolute atomic E-state index is 13.0. The highest BCUT2D eigenvalue weighted by atomic mass is 16.4. The zero-order chi connectivity index (χ0) is 27.3. The summed E-state index contributed by atoms with van der Waals surface area (Å²) in [4.78, 5) is 53.6. The average molecular weight is 502 g/mol. The lowest BCUT2D eigenvalue weighted by atomic mass is 9.97. The molecule has 35 heavy (non-hydrogen) atoms. The second-order valence-electron chi connectivity index (χ2n) is 9.18. The van der Waals surface area contributed by atoms with E-state index in [-0.39, 0.29) is 43.6 Å². The van der Waals surface area contributed by atoms with E-state index >= 15 is 0 Å². The number of carboxylic acids is 1. The summed E-state index contributed by atoms with van der Waals surface area (Å²) in [7, 11) is 0. The molecule has 11 N–H and O–H groups in total. The fraction of sp³-hybridized carbons (Fsp3) is 0.773. The summed E-state index contributed by atoms with van der Waals surface area (Å²) >= 11 is 0. The van der Waals surface area contributed by atoms with Crippen molar-refractivity contribution in [3.63, 3.8) is 0 Å². The van der Waals surface area contributed by atoms with E-state index in [1.54, 1.807) is 0 Å². The van der Waals surface area contributed by atoms with E-state index in [2.05, 4.69) is 20.9 Å². The van der Waals surface area contributed by atoms with Crippen molar-refractivity contribution in [1.29, 1.82) is 0 Å². The average Bonchev–Trinajstić information content (AvgIpc) is 2.76. The minimum atomic E-state index is -1.45. The number of guanidine groups is 1. The maximum Gasteiger partial charge on any atom is 0.326 e. The Labute approximate surface area is 206 Å². The fourth-order valence-electron chi connectivity index (χ4n) is 3.16. The third-order valence-corrected chi connectivity index (χ3v) is 5.52. The molecule has 0 fully saturated rings. The Morgan fingerprint density at radius 1 is 0.914 bits per heavy atom. The van der Waals surface area contributed by atoms with Crippen molar-refractivity contribution < 1.29 is 29.4 Å². The van der Waals surface area contributed by atoms with Crippen LogP contribution in [0.15, 0.2) is 4.99 Å². The standard InChI is InChI=1S/C22H43N7O6/c1-6-12(4)16(23)19(32)28-15(10-11(2)3)18(31)29-17(13(5)30)20(33)27-14(21(34)35)8-7-9-26-22(24)25/h11-17,30H,6-10,23H2,1-5H3,(H,27,33)(H,28,32)(H,29,31)(H,34,35)(H4,24,25,26). The molecule has 0 saturated carbocycles. The Bertz CT molecular complexity index is 740. The molecule has 13 heteroatoms. The topological polar surface area (TPSA) is 235 Å². The first-order valence-corrected chi connectivity index (χ1v) is 11.8. The van der Waals surface area contributed by atoms with E-state index < -0.39 is 54.0 Å². The Hall–Kier alpha value is -2.93. The number of hydrogen-bond donors (Lipinski definition) is 8. The van der Waals surface area contributed by atoms with Crippen LogP contribution >= 0.6 is 0 Å². The summed E-state index contributed by atoms with van der Waals surface area (Å²) in [6.45, 7) is 8.90. The highest BCUT2D eigenvalue weighted by molar-refractivity contribution is 5.94. The number of carboxylic acid groups (broad SMARTS) is 1. The van der Waals surface area contributed by atoms with Crippen LogP contribution in [0.2, 0.25) is 0 Å². The number of aliphatic hydroxyl groups excluding tert-OH is 1. The highest BCUT2D eigenvalue weighted by Crippen LogP contribution is 2.10. The van der Waals surface area contributed by atoms with Gasteiger partial charge in [-0.05, 0) is 38.0 Å². The second-order valence-corrected chi connectivity index (χ2v) is 9.18. The van der Waals surface area contributed by atoms with Crippen LogP contribution in [0.25, 0.3) is 0 Å². The van der Waals surface area contributed by atoms with Gasteiger partial charge in [0.2, 0.25) is 17.7 Å². The monoisotopic (exact) mass is 501 g/mol. The molecule has 0 bridgehead atoms. The predicted molar refractivity (Wildman–Crippen MR) is 132 cm³/mol. The Kier molecular flexibility index (Phi) is 14.5. The lowest BCUT2D eigenvalue weighted by Gasteiger charge is -2.28. The van der Waals surface area contributed by atoms with Crippen LogP contribution < -0.4 is 33.2 Å². The van der Waals surface area contributed by atoms with Gasteiger partial charge >= 0.3 is 5.97 Å². The molecule has 0 saturated heterocycles. The minimum Gasteiger partial charge on any atom is -0.480 e. The van der Waals surface area contributed by atoms with Gasteiger partial charge in [-0.25, -0.2) is 4.79 Å². The summed E-state index contributed by atoms with van der Waals surface area (Å²) in [5.74, 6) is -3.57. The third-order valence-electron chi connectivity index (χ3n) is 5.52. The molecule has 6 unspecified atom stereocenters. The molecule has 0 heterocycles. The van der Waals surface area contributed by atoms with Gasteiger partial charge in [-0.1, -0.05) is 34.1 Å². The molecule has 0 aliphatic heterocycles. The molecular formula is C22H43N7O6. The van der Waals surface area contributed by atoms with Gasteiger partial charge in [-0.15, -0.1) is 0 Å². The van der Waals surface area contributed by atoms with Gasteiger partial charge in [0.05, 0.1) is 12.1 Å². The van der Waals surface area contributed by atoms with Gasteiger partial charge in [-0.3, -0.25) is 19.4 Å². The molecule has 0 radical (unpaired) electrons. The molecule has 202 valence electrons. The first-order valence-electron chi connectivity index (χ1n) is 11.8. The molecule has 0 aromatic rings. The fourth-order valence-corrected chi connectivity index (χ4v) is 3.16. The van der Waals surface area contributed by atoms with Crippen molar-refractivity contribution in [3.8, 4) is 0 Å². The number of aliphatic imine (C=N–C) groups is 1. The number of rotatable bonds is 16. The van der Waals surface area contributed by atoms with Gasteiger partial charge in [-0.2, -0.15) is 0 Å². The number of carbonyl (C=O) groups is 4. The number of nitrogens with zero attached hydrogens (tertiary/aromatic N) is 1. The number of hydrogen-bond acceptors (Lipinski definition) is 7. The quantitative estimate of drug-likeness (QED) is 0.0688. The molecule has 6 atom stereocenters. The first-order chi connectivity index (χ1) is 16.2. The van der Waals surface area contributed by atoms with Gasteiger partial charge in [0.1, 0.15) is 18.1 Å². The van der Waals surface area contributed by atoms with Crippen LogP contribution in [-0.4, -0.2) is 76.7 Å². The second kappa shape index (κ2) is 15.9. The van der Waals surface area contributed by atoms with Gasteiger partial charge in [0, 0.05) is 6.54 Å². The molecule has 0 aromatic heterocycles. The van der Waals surface area contributed by atoms with Crippen LogP contribution in [0.1, 0.15) is 60.3 Å². The van der Waals surface area contributed by atoms with E-state index in [0.29, 0.717) is 6.42 Å². The van der Waals surface area contributed by atoms with Crippen LogP contribution in [-0.2, 0) is 19.2 Å². The predicted octanol–water partition coefficient (Wildman–Crippen LogP) is -1.62. The lowest BCUT2D eigenvalue weighted by Crippen LogP contribution is -2.60. The van der Waals surface area contributed by atoms with E-state index in [1.807, 2.05) is 27.7 Å². The number of aliphatic hydroxyl groups is 1. The smallest absolute Gasteiger partial charge is 0.326 e. The number of nitrogens with two attached hydrogens (primary N) is 3. The molecule has 13 nitrogen and oxygen atoms in total. The number of nitrogens with one attached hydrogen (secondary N) is 3. The zero-order valence-corrected chi connectivity index (χ0v) is 21.3. The van der Waals surface area contributed by atoms with Crippen molar-refractivity contribution in [2.45, 2.75) is 90.6 Å². The van der Waals surface area contributed by atoms with Crippen LogP contribution in [0.5, 0.6) is 0 Å². The van der Waals surface area contributed by atoms with E-state index in [1.165, 1.54) is 6.92 Å². The lowest BCUT2D eigenvalue weighted by molar-refractivity contribution is -0.143. The number of aliphatic carboxylic acids is 1. The summed E-state index contributed by atoms with van der Waals surface area (Å²) < 4.78 is 0. The molecular weight excluding hydrogens is 458 g/mol. The minimum absolute atomic E-state index is 0.0197. The Morgan fingerprint density at radius 2 is 1.49 bits per heavy atom. The summed E-state index contributed by atoms with van der Waals surface area (Å²) in [6.07, 6.45) is -0.0942. The molecule has 0 aromatic carbocycles. The van der Waals surface area contributed by atoms with Crippen molar-refractivity contribution in [3.05, 3.63) is 0 Å². The van der Waals surface area contributed by atoms with Crippen LogP contribution in [0.4, 0.5) is 0 Å². The summed E-state index contributed by atoms with van der Waals surface area (Å²) in [5.41, 5.74) is 16.4.